The third-order valence-electron chi connectivity index (χ3n) is 3.67. The maximum atomic E-state index is 14.1. The van der Waals surface area contributed by atoms with Crippen molar-refractivity contribution in [3.05, 3.63) is 58.1 Å². The Morgan fingerprint density at radius 3 is 2.23 bits per heavy atom. The molecule has 0 atom stereocenters. The van der Waals surface area contributed by atoms with Crippen molar-refractivity contribution < 1.29 is 31.5 Å². The van der Waals surface area contributed by atoms with Crippen molar-refractivity contribution in [3.8, 4) is 11.5 Å². The van der Waals surface area contributed by atoms with Gasteiger partial charge in [0.15, 0.2) is 11.5 Å². The SMILES string of the molecule is CCNCC.COc1cc(Cl)ccc1OCc1cc(F)c(C(=O)NS(C)(=O)=O)cc1F. The summed E-state index contributed by atoms with van der Waals surface area (Å²) in [4.78, 5) is 11.7. The fourth-order valence-corrected chi connectivity index (χ4v) is 2.87. The third-order valence-corrected chi connectivity index (χ3v) is 4.46. The Labute approximate surface area is 185 Å². The minimum atomic E-state index is -3.91. The number of ether oxygens (including phenoxy) is 2. The van der Waals surface area contributed by atoms with E-state index in [1.165, 1.54) is 25.3 Å². The van der Waals surface area contributed by atoms with Crippen LogP contribution in [0.25, 0.3) is 0 Å². The number of rotatable bonds is 8. The van der Waals surface area contributed by atoms with Gasteiger partial charge in [-0.1, -0.05) is 25.4 Å². The molecule has 172 valence electrons. The summed E-state index contributed by atoms with van der Waals surface area (Å²) in [7, 11) is -2.51. The van der Waals surface area contributed by atoms with Crippen molar-refractivity contribution in [3.63, 3.8) is 0 Å². The second-order valence-electron chi connectivity index (χ2n) is 6.17. The van der Waals surface area contributed by atoms with Crippen LogP contribution in [0.3, 0.4) is 0 Å². The molecule has 0 aliphatic carbocycles. The molecule has 0 fully saturated rings. The van der Waals surface area contributed by atoms with Crippen molar-refractivity contribution in [1.29, 1.82) is 0 Å². The average molecular weight is 479 g/mol. The van der Waals surface area contributed by atoms with Gasteiger partial charge in [-0.3, -0.25) is 4.79 Å². The van der Waals surface area contributed by atoms with Crippen LogP contribution in [0.2, 0.25) is 5.02 Å². The predicted octanol–water partition coefficient (Wildman–Crippen LogP) is 3.51. The number of amides is 1. The van der Waals surface area contributed by atoms with Crippen LogP contribution in [-0.4, -0.2) is 40.8 Å². The second-order valence-corrected chi connectivity index (χ2v) is 8.35. The van der Waals surface area contributed by atoms with Gasteiger partial charge >= 0.3 is 0 Å². The first-order valence-electron chi connectivity index (χ1n) is 9.19. The van der Waals surface area contributed by atoms with Gasteiger partial charge in [0.25, 0.3) is 5.91 Å². The van der Waals surface area contributed by atoms with E-state index in [0.717, 1.165) is 25.4 Å². The molecule has 11 heteroatoms. The minimum absolute atomic E-state index is 0.171. The summed E-state index contributed by atoms with van der Waals surface area (Å²) in [6.45, 7) is 6.04. The highest BCUT2D eigenvalue weighted by molar-refractivity contribution is 7.89. The Kier molecular flexibility index (Phi) is 10.7. The Morgan fingerprint density at radius 1 is 1.06 bits per heavy atom. The molecule has 0 aliphatic heterocycles. The Balaban J connectivity index is 0.000000861. The molecule has 0 unspecified atom stereocenters. The number of hydrogen-bond donors (Lipinski definition) is 2. The highest BCUT2D eigenvalue weighted by Gasteiger charge is 2.19. The second kappa shape index (κ2) is 12.4. The Morgan fingerprint density at radius 2 is 1.71 bits per heavy atom. The molecule has 31 heavy (non-hydrogen) atoms. The summed E-state index contributed by atoms with van der Waals surface area (Å²) in [6, 6.07) is 5.90. The van der Waals surface area contributed by atoms with E-state index in [9.17, 15) is 22.0 Å². The summed E-state index contributed by atoms with van der Waals surface area (Å²) in [6.07, 6.45) is 0.723. The first-order chi connectivity index (χ1) is 14.5. The third kappa shape index (κ3) is 9.07. The number of hydrogen-bond acceptors (Lipinski definition) is 6. The largest absolute Gasteiger partial charge is 0.493 e. The number of carbonyl (C=O) groups excluding carboxylic acids is 1. The molecule has 0 spiro atoms. The minimum Gasteiger partial charge on any atom is -0.493 e. The number of benzene rings is 2. The lowest BCUT2D eigenvalue weighted by molar-refractivity contribution is 0.0977. The van der Waals surface area contributed by atoms with Gasteiger partial charge < -0.3 is 14.8 Å². The predicted molar refractivity (Wildman–Crippen MR) is 115 cm³/mol. The number of methoxy groups -OCH3 is 1. The molecule has 0 aliphatic rings. The van der Waals surface area contributed by atoms with Gasteiger partial charge in [0.1, 0.15) is 18.2 Å². The zero-order valence-corrected chi connectivity index (χ0v) is 19.2. The van der Waals surface area contributed by atoms with E-state index in [-0.39, 0.29) is 17.9 Å². The van der Waals surface area contributed by atoms with Crippen LogP contribution in [0.4, 0.5) is 8.78 Å². The van der Waals surface area contributed by atoms with Crippen molar-refractivity contribution in [2.24, 2.45) is 0 Å². The molecule has 2 aromatic carbocycles. The molecular formula is C20H25ClF2N2O5S. The molecule has 0 heterocycles. The lowest BCUT2D eigenvalue weighted by atomic mass is 10.1. The van der Waals surface area contributed by atoms with E-state index >= 15 is 0 Å². The zero-order valence-electron chi connectivity index (χ0n) is 17.6. The van der Waals surface area contributed by atoms with E-state index in [0.29, 0.717) is 16.8 Å². The topological polar surface area (TPSA) is 93.7 Å². The molecule has 1 amide bonds. The first-order valence-corrected chi connectivity index (χ1v) is 11.5. The number of sulfonamides is 1. The van der Waals surface area contributed by atoms with Gasteiger partial charge in [0, 0.05) is 16.7 Å². The monoisotopic (exact) mass is 478 g/mol. The summed E-state index contributed by atoms with van der Waals surface area (Å²) >= 11 is 5.83. The van der Waals surface area contributed by atoms with E-state index in [2.05, 4.69) is 19.2 Å². The number of halogens is 3. The Hall–Kier alpha value is -2.43. The maximum Gasteiger partial charge on any atom is 0.267 e. The highest BCUT2D eigenvalue weighted by Crippen LogP contribution is 2.31. The molecule has 2 N–H and O–H groups in total. The normalized spacial score (nSPS) is 10.7. The molecule has 2 rings (SSSR count). The molecule has 0 aromatic heterocycles. The van der Waals surface area contributed by atoms with E-state index in [1.807, 2.05) is 0 Å². The summed E-state index contributed by atoms with van der Waals surface area (Å²) in [5, 5.41) is 3.52. The smallest absolute Gasteiger partial charge is 0.267 e. The molecule has 2 aromatic rings. The molecule has 7 nitrogen and oxygen atoms in total. The molecular weight excluding hydrogens is 454 g/mol. The quantitative estimate of drug-likeness (QED) is 0.603. The molecule has 0 saturated carbocycles. The van der Waals surface area contributed by atoms with Crippen molar-refractivity contribution in [2.75, 3.05) is 26.5 Å². The summed E-state index contributed by atoms with van der Waals surface area (Å²) in [5.74, 6) is -2.72. The standard InChI is InChI=1S/C16H14ClF2NO5S.C4H11N/c1-24-15-6-10(17)3-4-14(15)25-8-9-5-13(19)11(7-12(9)18)16(21)20-26(2,22)23;1-3-5-4-2/h3-7H,8H2,1-2H3,(H,20,21);5H,3-4H2,1-2H3. The van der Waals surface area contributed by atoms with Crippen LogP contribution < -0.4 is 19.5 Å². The van der Waals surface area contributed by atoms with Gasteiger partial charge in [0.05, 0.1) is 18.9 Å². The molecule has 0 radical (unpaired) electrons. The fourth-order valence-electron chi connectivity index (χ4n) is 2.26. The summed E-state index contributed by atoms with van der Waals surface area (Å²) in [5.41, 5.74) is -0.906. The van der Waals surface area contributed by atoms with Crippen molar-refractivity contribution in [1.82, 2.24) is 10.0 Å². The van der Waals surface area contributed by atoms with Crippen molar-refractivity contribution in [2.45, 2.75) is 20.5 Å². The maximum absolute atomic E-state index is 14.1. The van der Waals surface area contributed by atoms with Crippen LogP contribution in [0.15, 0.2) is 30.3 Å². The summed E-state index contributed by atoms with van der Waals surface area (Å²) < 4.78 is 62.3. The number of nitrogens with one attached hydrogen (secondary N) is 2. The van der Waals surface area contributed by atoms with Gasteiger partial charge in [-0.2, -0.15) is 0 Å². The van der Waals surface area contributed by atoms with E-state index in [4.69, 9.17) is 21.1 Å². The highest BCUT2D eigenvalue weighted by atomic mass is 35.5. The zero-order chi connectivity index (χ0) is 23.6. The van der Waals surface area contributed by atoms with Crippen molar-refractivity contribution >= 4 is 27.5 Å². The molecule has 0 bridgehead atoms. The van der Waals surface area contributed by atoms with E-state index < -0.39 is 33.1 Å². The van der Waals surface area contributed by atoms with Gasteiger partial charge in [-0.05, 0) is 37.4 Å². The Bertz CT molecular complexity index is 1000. The van der Waals surface area contributed by atoms with Crippen LogP contribution in [0.1, 0.15) is 29.8 Å². The average Bonchev–Trinajstić information content (AvgIpc) is 2.68. The van der Waals surface area contributed by atoms with Gasteiger partial charge in [-0.25, -0.2) is 21.9 Å². The van der Waals surface area contributed by atoms with Crippen LogP contribution in [0, 0.1) is 11.6 Å². The van der Waals surface area contributed by atoms with Gasteiger partial charge in [-0.15, -0.1) is 0 Å². The lowest BCUT2D eigenvalue weighted by Crippen LogP contribution is -2.30. The van der Waals surface area contributed by atoms with E-state index in [1.54, 1.807) is 4.72 Å². The fraction of sp³-hybridized carbons (Fsp3) is 0.350. The van der Waals surface area contributed by atoms with Crippen LogP contribution in [0.5, 0.6) is 11.5 Å². The number of carbonyl (C=O) groups is 1. The molecule has 0 saturated heterocycles. The first kappa shape index (κ1) is 26.6. The van der Waals surface area contributed by atoms with Crippen LogP contribution in [-0.2, 0) is 16.6 Å². The lowest BCUT2D eigenvalue weighted by Gasteiger charge is -2.12. The van der Waals surface area contributed by atoms with Gasteiger partial charge in [0.2, 0.25) is 10.0 Å². The van der Waals surface area contributed by atoms with Crippen LogP contribution >= 0.6 is 11.6 Å².